The Labute approximate surface area is 131 Å². The summed E-state index contributed by atoms with van der Waals surface area (Å²) in [6.45, 7) is 6.17. The molecule has 22 heavy (non-hydrogen) atoms. The minimum absolute atomic E-state index is 0.134. The molecule has 0 fully saturated rings. The molecule has 116 valence electrons. The molecule has 0 bridgehead atoms. The molecule has 2 N–H and O–H groups in total. The first-order valence-corrected chi connectivity index (χ1v) is 7.57. The maximum Gasteiger partial charge on any atom is 0.255 e. The van der Waals surface area contributed by atoms with Crippen molar-refractivity contribution in [2.45, 2.75) is 20.4 Å². The zero-order valence-corrected chi connectivity index (χ0v) is 13.1. The van der Waals surface area contributed by atoms with E-state index >= 15 is 0 Å². The van der Waals surface area contributed by atoms with Gasteiger partial charge in [-0.3, -0.25) is 4.79 Å². The number of hydrogen-bond donors (Lipinski definition) is 2. The van der Waals surface area contributed by atoms with Crippen LogP contribution in [0.5, 0.6) is 5.75 Å². The average Bonchev–Trinajstić information content (AvgIpc) is 2.54. The lowest BCUT2D eigenvalue weighted by molar-refractivity contribution is 0.102. The second-order valence-electron chi connectivity index (χ2n) is 4.85. The van der Waals surface area contributed by atoms with Gasteiger partial charge in [-0.15, -0.1) is 0 Å². The van der Waals surface area contributed by atoms with Crippen molar-refractivity contribution in [1.29, 1.82) is 0 Å². The molecule has 0 saturated heterocycles. The van der Waals surface area contributed by atoms with E-state index in [9.17, 15) is 4.79 Å². The third-order valence-corrected chi connectivity index (χ3v) is 3.24. The first-order chi connectivity index (χ1) is 10.7. The summed E-state index contributed by atoms with van der Waals surface area (Å²) in [5.41, 5.74) is 2.48. The van der Waals surface area contributed by atoms with Crippen LogP contribution in [-0.2, 0) is 6.54 Å². The van der Waals surface area contributed by atoms with Gasteiger partial charge < -0.3 is 15.4 Å². The van der Waals surface area contributed by atoms with Crippen molar-refractivity contribution in [3.8, 4) is 5.75 Å². The van der Waals surface area contributed by atoms with Gasteiger partial charge in [0.05, 0.1) is 6.61 Å². The number of ether oxygens (including phenoxy) is 1. The summed E-state index contributed by atoms with van der Waals surface area (Å²) >= 11 is 0. The maximum atomic E-state index is 12.4. The monoisotopic (exact) mass is 298 g/mol. The van der Waals surface area contributed by atoms with Crippen molar-refractivity contribution in [1.82, 2.24) is 5.32 Å². The van der Waals surface area contributed by atoms with E-state index in [0.29, 0.717) is 17.9 Å². The molecule has 2 aromatic carbocycles. The normalized spacial score (nSPS) is 10.3. The highest BCUT2D eigenvalue weighted by atomic mass is 16.5. The fourth-order valence-electron chi connectivity index (χ4n) is 2.14. The molecule has 0 saturated carbocycles. The van der Waals surface area contributed by atoms with Gasteiger partial charge in [-0.1, -0.05) is 31.2 Å². The predicted octanol–water partition coefficient (Wildman–Crippen LogP) is 3.45. The second kappa shape index (κ2) is 8.20. The van der Waals surface area contributed by atoms with Gasteiger partial charge in [-0.05, 0) is 43.3 Å². The SMILES string of the molecule is CCNCc1ccccc1NC(=O)c1cccc(OCC)c1. The molecule has 0 aliphatic heterocycles. The van der Waals surface area contributed by atoms with Crippen LogP contribution in [0.15, 0.2) is 48.5 Å². The van der Waals surface area contributed by atoms with E-state index in [-0.39, 0.29) is 5.91 Å². The van der Waals surface area contributed by atoms with Crippen LogP contribution in [0.1, 0.15) is 29.8 Å². The van der Waals surface area contributed by atoms with Crippen molar-refractivity contribution in [2.75, 3.05) is 18.5 Å². The minimum atomic E-state index is -0.134. The topological polar surface area (TPSA) is 50.4 Å². The summed E-state index contributed by atoms with van der Waals surface area (Å²) in [5.74, 6) is 0.571. The van der Waals surface area contributed by atoms with Crippen LogP contribution < -0.4 is 15.4 Å². The Morgan fingerprint density at radius 3 is 2.68 bits per heavy atom. The maximum absolute atomic E-state index is 12.4. The Bertz CT molecular complexity index is 626. The molecule has 0 aromatic heterocycles. The summed E-state index contributed by atoms with van der Waals surface area (Å²) in [4.78, 5) is 12.4. The Balaban J connectivity index is 2.13. The number of benzene rings is 2. The van der Waals surface area contributed by atoms with Crippen molar-refractivity contribution < 1.29 is 9.53 Å². The molecule has 1 amide bonds. The Kier molecular flexibility index (Phi) is 5.98. The van der Waals surface area contributed by atoms with Crippen LogP contribution in [0.2, 0.25) is 0 Å². The van der Waals surface area contributed by atoms with E-state index in [4.69, 9.17) is 4.74 Å². The quantitative estimate of drug-likeness (QED) is 0.823. The number of amides is 1. The van der Waals surface area contributed by atoms with Crippen LogP contribution in [-0.4, -0.2) is 19.1 Å². The minimum Gasteiger partial charge on any atom is -0.494 e. The number of anilines is 1. The Hall–Kier alpha value is -2.33. The lowest BCUT2D eigenvalue weighted by atomic mass is 10.1. The molecule has 0 heterocycles. The molecule has 0 unspecified atom stereocenters. The van der Waals surface area contributed by atoms with Crippen LogP contribution in [0, 0.1) is 0 Å². The van der Waals surface area contributed by atoms with Gasteiger partial charge >= 0.3 is 0 Å². The van der Waals surface area contributed by atoms with Gasteiger partial charge in [0.15, 0.2) is 0 Å². The van der Waals surface area contributed by atoms with Gasteiger partial charge in [0.2, 0.25) is 0 Å². The third kappa shape index (κ3) is 4.33. The van der Waals surface area contributed by atoms with Gasteiger partial charge in [0.1, 0.15) is 5.75 Å². The highest BCUT2D eigenvalue weighted by Crippen LogP contribution is 2.18. The summed E-state index contributed by atoms with van der Waals surface area (Å²) in [6.07, 6.45) is 0. The molecule has 0 aliphatic carbocycles. The van der Waals surface area contributed by atoms with E-state index in [2.05, 4.69) is 17.6 Å². The summed E-state index contributed by atoms with van der Waals surface area (Å²) in [6, 6.07) is 15.0. The van der Waals surface area contributed by atoms with Gasteiger partial charge in [0, 0.05) is 17.8 Å². The van der Waals surface area contributed by atoms with Crippen molar-refractivity contribution in [3.63, 3.8) is 0 Å². The molecule has 0 atom stereocenters. The fourth-order valence-corrected chi connectivity index (χ4v) is 2.14. The second-order valence-corrected chi connectivity index (χ2v) is 4.85. The largest absolute Gasteiger partial charge is 0.494 e. The predicted molar refractivity (Wildman–Crippen MR) is 89.4 cm³/mol. The molecular weight excluding hydrogens is 276 g/mol. The number of hydrogen-bond acceptors (Lipinski definition) is 3. The Morgan fingerprint density at radius 1 is 1.09 bits per heavy atom. The molecule has 0 aliphatic rings. The van der Waals surface area contributed by atoms with Crippen molar-refractivity contribution in [2.24, 2.45) is 0 Å². The number of carbonyl (C=O) groups is 1. The smallest absolute Gasteiger partial charge is 0.255 e. The van der Waals surface area contributed by atoms with Crippen LogP contribution in [0.3, 0.4) is 0 Å². The fraction of sp³-hybridized carbons (Fsp3) is 0.278. The number of rotatable bonds is 7. The van der Waals surface area contributed by atoms with Crippen LogP contribution in [0.4, 0.5) is 5.69 Å². The molecule has 2 rings (SSSR count). The molecule has 4 heteroatoms. The highest BCUT2D eigenvalue weighted by Gasteiger charge is 2.09. The van der Waals surface area contributed by atoms with Crippen molar-refractivity contribution >= 4 is 11.6 Å². The standard InChI is InChI=1S/C18H22N2O2/c1-3-19-13-15-8-5-6-11-17(15)20-18(21)14-9-7-10-16(12-14)22-4-2/h5-12,19H,3-4,13H2,1-2H3,(H,20,21). The average molecular weight is 298 g/mol. The summed E-state index contributed by atoms with van der Waals surface area (Å²) in [7, 11) is 0. The molecule has 0 radical (unpaired) electrons. The van der Waals surface area contributed by atoms with Gasteiger partial charge in [0.25, 0.3) is 5.91 Å². The molecule has 2 aromatic rings. The first kappa shape index (κ1) is 16.0. The molecular formula is C18H22N2O2. The molecule has 0 spiro atoms. The third-order valence-electron chi connectivity index (χ3n) is 3.24. The van der Waals surface area contributed by atoms with Crippen LogP contribution >= 0.6 is 0 Å². The van der Waals surface area contributed by atoms with Crippen LogP contribution in [0.25, 0.3) is 0 Å². The van der Waals surface area contributed by atoms with Gasteiger partial charge in [-0.2, -0.15) is 0 Å². The number of carbonyl (C=O) groups excluding carboxylic acids is 1. The van der Waals surface area contributed by atoms with E-state index in [0.717, 1.165) is 24.3 Å². The summed E-state index contributed by atoms with van der Waals surface area (Å²) in [5, 5.41) is 6.24. The summed E-state index contributed by atoms with van der Waals surface area (Å²) < 4.78 is 5.43. The lowest BCUT2D eigenvalue weighted by Gasteiger charge is -2.12. The van der Waals surface area contributed by atoms with E-state index in [1.807, 2.05) is 43.3 Å². The lowest BCUT2D eigenvalue weighted by Crippen LogP contribution is -2.17. The zero-order valence-electron chi connectivity index (χ0n) is 13.1. The van der Waals surface area contributed by atoms with E-state index in [1.54, 1.807) is 12.1 Å². The number of nitrogens with one attached hydrogen (secondary N) is 2. The number of para-hydroxylation sites is 1. The van der Waals surface area contributed by atoms with E-state index < -0.39 is 0 Å². The molecule has 4 nitrogen and oxygen atoms in total. The zero-order chi connectivity index (χ0) is 15.8. The highest BCUT2D eigenvalue weighted by molar-refractivity contribution is 6.04. The Morgan fingerprint density at radius 2 is 1.91 bits per heavy atom. The van der Waals surface area contributed by atoms with E-state index in [1.165, 1.54) is 0 Å². The van der Waals surface area contributed by atoms with Gasteiger partial charge in [-0.25, -0.2) is 0 Å². The van der Waals surface area contributed by atoms with Crippen molar-refractivity contribution in [3.05, 3.63) is 59.7 Å². The first-order valence-electron chi connectivity index (χ1n) is 7.57.